The van der Waals surface area contributed by atoms with Gasteiger partial charge in [-0.1, -0.05) is 84.8 Å². The van der Waals surface area contributed by atoms with E-state index in [0.29, 0.717) is 0 Å². The SMILES string of the molecule is CC=C(CCCCC)C(C)C(CC)C(C)CCCC. The summed E-state index contributed by atoms with van der Waals surface area (Å²) in [6, 6.07) is 0. The Balaban J connectivity index is 4.47. The predicted octanol–water partition coefficient (Wildman–Crippen LogP) is 7.00. The monoisotopic (exact) mass is 266 g/mol. The third-order valence-electron chi connectivity index (χ3n) is 4.88. The standard InChI is InChI=1S/C19H38/c1-7-11-13-15-18(9-3)17(6)19(10-4)16(5)14-12-8-2/h9,16-17,19H,7-8,10-15H2,1-6H3. The second-order valence-corrected chi connectivity index (χ2v) is 6.30. The molecule has 0 aliphatic heterocycles. The number of hydrogen-bond donors (Lipinski definition) is 0. The van der Waals surface area contributed by atoms with Crippen LogP contribution in [0.1, 0.15) is 92.9 Å². The summed E-state index contributed by atoms with van der Waals surface area (Å²) in [6.45, 7) is 14.2. The number of allylic oxidation sites excluding steroid dienone is 2. The van der Waals surface area contributed by atoms with Gasteiger partial charge in [-0.3, -0.25) is 0 Å². The number of rotatable bonds is 11. The number of unbranched alkanes of at least 4 members (excludes halogenated alkanes) is 3. The van der Waals surface area contributed by atoms with E-state index in [1.54, 1.807) is 5.57 Å². The molecule has 19 heavy (non-hydrogen) atoms. The minimum absolute atomic E-state index is 0.777. The summed E-state index contributed by atoms with van der Waals surface area (Å²) in [5.41, 5.74) is 1.71. The maximum Gasteiger partial charge on any atom is -0.0201 e. The van der Waals surface area contributed by atoms with Crippen molar-refractivity contribution in [3.63, 3.8) is 0 Å². The Labute approximate surface area is 123 Å². The zero-order valence-corrected chi connectivity index (χ0v) is 14.5. The van der Waals surface area contributed by atoms with Crippen LogP contribution in [0.15, 0.2) is 11.6 Å². The Morgan fingerprint density at radius 2 is 1.58 bits per heavy atom. The minimum Gasteiger partial charge on any atom is -0.0882 e. The summed E-state index contributed by atoms with van der Waals surface area (Å²) in [5.74, 6) is 2.53. The van der Waals surface area contributed by atoms with E-state index in [-0.39, 0.29) is 0 Å². The molecule has 0 amide bonds. The van der Waals surface area contributed by atoms with E-state index in [1.807, 2.05) is 0 Å². The normalized spacial score (nSPS) is 17.3. The highest BCUT2D eigenvalue weighted by Gasteiger charge is 2.23. The molecule has 0 saturated carbocycles. The maximum absolute atomic E-state index is 2.47. The smallest absolute Gasteiger partial charge is 0.0201 e. The van der Waals surface area contributed by atoms with Crippen LogP contribution in [-0.4, -0.2) is 0 Å². The van der Waals surface area contributed by atoms with Gasteiger partial charge in [0, 0.05) is 0 Å². The first kappa shape index (κ1) is 18.7. The molecule has 0 aromatic carbocycles. The Kier molecular flexibility index (Phi) is 11.4. The molecule has 0 aromatic rings. The fourth-order valence-electron chi connectivity index (χ4n) is 3.48. The van der Waals surface area contributed by atoms with Gasteiger partial charge in [-0.05, 0) is 37.5 Å². The highest BCUT2D eigenvalue weighted by Crippen LogP contribution is 2.34. The van der Waals surface area contributed by atoms with Crippen LogP contribution in [-0.2, 0) is 0 Å². The Bertz CT molecular complexity index is 226. The lowest BCUT2D eigenvalue weighted by atomic mass is 9.75. The largest absolute Gasteiger partial charge is 0.0882 e. The maximum atomic E-state index is 2.47. The summed E-state index contributed by atoms with van der Waals surface area (Å²) in [5, 5.41) is 0. The van der Waals surface area contributed by atoms with Crippen LogP contribution in [0.2, 0.25) is 0 Å². The van der Waals surface area contributed by atoms with Crippen molar-refractivity contribution in [3.8, 4) is 0 Å². The molecule has 0 heterocycles. The molecule has 0 aliphatic carbocycles. The first-order chi connectivity index (χ1) is 9.12. The lowest BCUT2D eigenvalue weighted by molar-refractivity contribution is 0.252. The van der Waals surface area contributed by atoms with Gasteiger partial charge in [0.15, 0.2) is 0 Å². The van der Waals surface area contributed by atoms with Crippen LogP contribution in [0.3, 0.4) is 0 Å². The van der Waals surface area contributed by atoms with Crippen molar-refractivity contribution in [2.75, 3.05) is 0 Å². The molecular formula is C19H38. The van der Waals surface area contributed by atoms with Crippen LogP contribution >= 0.6 is 0 Å². The van der Waals surface area contributed by atoms with Gasteiger partial charge in [0.1, 0.15) is 0 Å². The van der Waals surface area contributed by atoms with Gasteiger partial charge in [0.05, 0.1) is 0 Å². The van der Waals surface area contributed by atoms with E-state index < -0.39 is 0 Å². The van der Waals surface area contributed by atoms with Crippen LogP contribution in [0.25, 0.3) is 0 Å². The van der Waals surface area contributed by atoms with Crippen molar-refractivity contribution in [3.05, 3.63) is 11.6 Å². The third kappa shape index (κ3) is 7.18. The van der Waals surface area contributed by atoms with E-state index in [9.17, 15) is 0 Å². The average Bonchev–Trinajstić information content (AvgIpc) is 2.42. The predicted molar refractivity (Wildman–Crippen MR) is 89.5 cm³/mol. The molecule has 0 fully saturated rings. The first-order valence-electron chi connectivity index (χ1n) is 8.77. The van der Waals surface area contributed by atoms with E-state index in [4.69, 9.17) is 0 Å². The molecule has 0 nitrogen and oxygen atoms in total. The molecule has 0 aliphatic rings. The average molecular weight is 267 g/mol. The highest BCUT2D eigenvalue weighted by atomic mass is 14.3. The van der Waals surface area contributed by atoms with E-state index in [2.05, 4.69) is 47.6 Å². The topological polar surface area (TPSA) is 0 Å². The minimum atomic E-state index is 0.777. The van der Waals surface area contributed by atoms with Crippen LogP contribution < -0.4 is 0 Å². The van der Waals surface area contributed by atoms with Crippen molar-refractivity contribution in [2.45, 2.75) is 92.9 Å². The van der Waals surface area contributed by atoms with Gasteiger partial charge < -0.3 is 0 Å². The zero-order valence-electron chi connectivity index (χ0n) is 14.5. The lowest BCUT2D eigenvalue weighted by Crippen LogP contribution is -2.21. The lowest BCUT2D eigenvalue weighted by Gasteiger charge is -2.31. The van der Waals surface area contributed by atoms with Crippen molar-refractivity contribution < 1.29 is 0 Å². The van der Waals surface area contributed by atoms with Gasteiger partial charge >= 0.3 is 0 Å². The van der Waals surface area contributed by atoms with Crippen molar-refractivity contribution in [1.29, 1.82) is 0 Å². The van der Waals surface area contributed by atoms with E-state index in [1.165, 1.54) is 51.4 Å². The molecule has 0 saturated heterocycles. The molecular weight excluding hydrogens is 228 g/mol. The Morgan fingerprint density at radius 3 is 2.05 bits per heavy atom. The third-order valence-corrected chi connectivity index (χ3v) is 4.88. The van der Waals surface area contributed by atoms with Crippen molar-refractivity contribution in [2.24, 2.45) is 17.8 Å². The molecule has 0 N–H and O–H groups in total. The quantitative estimate of drug-likeness (QED) is 0.279. The van der Waals surface area contributed by atoms with Gasteiger partial charge in [-0.15, -0.1) is 0 Å². The van der Waals surface area contributed by atoms with Crippen molar-refractivity contribution >= 4 is 0 Å². The Hall–Kier alpha value is -0.260. The van der Waals surface area contributed by atoms with Crippen molar-refractivity contribution in [1.82, 2.24) is 0 Å². The molecule has 0 heteroatoms. The van der Waals surface area contributed by atoms with Crippen LogP contribution in [0.5, 0.6) is 0 Å². The summed E-state index contributed by atoms with van der Waals surface area (Å²) >= 11 is 0. The molecule has 114 valence electrons. The van der Waals surface area contributed by atoms with Crippen LogP contribution in [0.4, 0.5) is 0 Å². The Morgan fingerprint density at radius 1 is 0.947 bits per heavy atom. The molecule has 0 aromatic heterocycles. The fourth-order valence-corrected chi connectivity index (χ4v) is 3.48. The molecule has 0 spiro atoms. The molecule has 0 rings (SSSR count). The van der Waals surface area contributed by atoms with E-state index in [0.717, 1.165) is 17.8 Å². The second kappa shape index (κ2) is 11.6. The zero-order chi connectivity index (χ0) is 14.7. The molecule has 0 bridgehead atoms. The highest BCUT2D eigenvalue weighted by molar-refractivity contribution is 5.06. The first-order valence-corrected chi connectivity index (χ1v) is 8.77. The van der Waals surface area contributed by atoms with Gasteiger partial charge in [-0.2, -0.15) is 0 Å². The van der Waals surface area contributed by atoms with Gasteiger partial charge in [0.25, 0.3) is 0 Å². The molecule has 3 unspecified atom stereocenters. The fraction of sp³-hybridized carbons (Fsp3) is 0.895. The van der Waals surface area contributed by atoms with E-state index >= 15 is 0 Å². The van der Waals surface area contributed by atoms with Gasteiger partial charge in [0.2, 0.25) is 0 Å². The number of hydrogen-bond acceptors (Lipinski definition) is 0. The second-order valence-electron chi connectivity index (χ2n) is 6.30. The molecule has 0 radical (unpaired) electrons. The van der Waals surface area contributed by atoms with Gasteiger partial charge in [-0.25, -0.2) is 0 Å². The summed E-state index contributed by atoms with van der Waals surface area (Å²) in [4.78, 5) is 0. The summed E-state index contributed by atoms with van der Waals surface area (Å²) in [7, 11) is 0. The summed E-state index contributed by atoms with van der Waals surface area (Å²) < 4.78 is 0. The summed E-state index contributed by atoms with van der Waals surface area (Å²) in [6.07, 6.45) is 13.3. The van der Waals surface area contributed by atoms with Crippen LogP contribution in [0, 0.1) is 17.8 Å². The molecule has 3 atom stereocenters.